The summed E-state index contributed by atoms with van der Waals surface area (Å²) in [5, 5.41) is 13.1. The Morgan fingerprint density at radius 3 is 2.40 bits per heavy atom. The van der Waals surface area contributed by atoms with E-state index in [1.165, 1.54) is 34.1 Å². The summed E-state index contributed by atoms with van der Waals surface area (Å²) in [5.74, 6) is -0.494. The van der Waals surface area contributed by atoms with Crippen molar-refractivity contribution in [3.8, 4) is 0 Å². The smallest absolute Gasteiger partial charge is 0.241 e. The third-order valence-corrected chi connectivity index (χ3v) is 9.83. The van der Waals surface area contributed by atoms with Crippen LogP contribution < -0.4 is 5.32 Å². The molecule has 2 aromatic rings. The molecule has 0 unspecified atom stereocenters. The molecule has 0 aromatic heterocycles. The number of likely N-dealkylation sites (tertiary alicyclic amines) is 1. The van der Waals surface area contributed by atoms with E-state index in [4.69, 9.17) is 0 Å². The number of nitrogens with zero attached hydrogens (tertiary/aromatic N) is 2. The number of anilines is 1. The standard InChI is InChI=1S/C33H41N3O5S/c1-19-10-20(2)28(21(3)11-19)16-35-15-27(14-30(35)33(41)34-26-9-7-8-25(13-26)17-37)42-32-23(5)29(12-22(4)39)36(24(6)40)31(32)18-38/h7-11,13,17-18,22-23,27,29-30,39H,12,14-16H2,1-6H3,(H,34,41)/t22-,23-,27+,29+,30+/m1/s1. The minimum atomic E-state index is -0.620. The number of hydrogen-bond donors (Lipinski definition) is 2. The summed E-state index contributed by atoms with van der Waals surface area (Å²) in [6.07, 6.45) is 1.81. The summed E-state index contributed by atoms with van der Waals surface area (Å²) in [6, 6.07) is 10.4. The number of aliphatic hydroxyl groups is 1. The Kier molecular flexibility index (Phi) is 10.1. The van der Waals surface area contributed by atoms with E-state index in [1.54, 1.807) is 43.0 Å². The second kappa shape index (κ2) is 13.4. The third-order valence-electron chi connectivity index (χ3n) is 8.32. The van der Waals surface area contributed by atoms with Gasteiger partial charge < -0.3 is 15.3 Å². The minimum absolute atomic E-state index is 0.000344. The van der Waals surface area contributed by atoms with Crippen molar-refractivity contribution >= 4 is 41.8 Å². The Morgan fingerprint density at radius 1 is 1.12 bits per heavy atom. The Bertz CT molecular complexity index is 1380. The molecule has 2 N–H and O–H groups in total. The van der Waals surface area contributed by atoms with Crippen molar-refractivity contribution in [2.45, 2.75) is 84.4 Å². The fourth-order valence-corrected chi connectivity index (χ4v) is 7.97. The number of carbonyl (C=O) groups excluding carboxylic acids is 4. The zero-order valence-electron chi connectivity index (χ0n) is 25.2. The van der Waals surface area contributed by atoms with Gasteiger partial charge in [-0.1, -0.05) is 36.8 Å². The number of thioether (sulfide) groups is 1. The molecule has 5 atom stereocenters. The number of benzene rings is 2. The van der Waals surface area contributed by atoms with E-state index < -0.39 is 12.1 Å². The Labute approximate surface area is 252 Å². The molecule has 9 heteroatoms. The third kappa shape index (κ3) is 6.85. The lowest BCUT2D eigenvalue weighted by Gasteiger charge is -2.28. The molecular formula is C33H41N3O5S. The van der Waals surface area contributed by atoms with Gasteiger partial charge in [0.1, 0.15) is 6.29 Å². The van der Waals surface area contributed by atoms with Crippen molar-refractivity contribution in [1.82, 2.24) is 9.80 Å². The monoisotopic (exact) mass is 591 g/mol. The molecule has 4 rings (SSSR count). The highest BCUT2D eigenvalue weighted by Crippen LogP contribution is 2.45. The van der Waals surface area contributed by atoms with E-state index in [1.807, 2.05) is 6.92 Å². The predicted molar refractivity (Wildman–Crippen MR) is 166 cm³/mol. The molecule has 2 heterocycles. The van der Waals surface area contributed by atoms with Crippen molar-refractivity contribution < 1.29 is 24.3 Å². The zero-order valence-corrected chi connectivity index (χ0v) is 26.0. The lowest BCUT2D eigenvalue weighted by Crippen LogP contribution is -2.39. The highest BCUT2D eigenvalue weighted by molar-refractivity contribution is 8.03. The largest absolute Gasteiger partial charge is 0.393 e. The molecule has 0 bridgehead atoms. The number of carbonyl (C=O) groups is 4. The number of allylic oxidation sites excluding steroid dienone is 1. The van der Waals surface area contributed by atoms with Crippen LogP contribution in [0.15, 0.2) is 47.0 Å². The molecule has 0 spiro atoms. The maximum atomic E-state index is 13.7. The quantitative estimate of drug-likeness (QED) is 0.383. The highest BCUT2D eigenvalue weighted by Gasteiger charge is 2.44. The molecule has 2 aliphatic heterocycles. The van der Waals surface area contributed by atoms with E-state index >= 15 is 0 Å². The van der Waals surface area contributed by atoms with Crippen LogP contribution >= 0.6 is 11.8 Å². The molecule has 0 aliphatic carbocycles. The van der Waals surface area contributed by atoms with Gasteiger partial charge in [-0.05, 0) is 69.4 Å². The van der Waals surface area contributed by atoms with E-state index in [9.17, 15) is 24.3 Å². The van der Waals surface area contributed by atoms with E-state index in [-0.39, 0.29) is 29.0 Å². The predicted octanol–water partition coefficient (Wildman–Crippen LogP) is 4.79. The molecule has 42 heavy (non-hydrogen) atoms. The highest BCUT2D eigenvalue weighted by atomic mass is 32.2. The van der Waals surface area contributed by atoms with Crippen molar-refractivity contribution in [1.29, 1.82) is 0 Å². The summed E-state index contributed by atoms with van der Waals surface area (Å²) in [6.45, 7) is 12.6. The average Bonchev–Trinajstić information content (AvgIpc) is 3.44. The van der Waals surface area contributed by atoms with Crippen LogP contribution in [0.1, 0.15) is 66.2 Å². The molecule has 1 fully saturated rings. The first-order chi connectivity index (χ1) is 19.9. The number of aryl methyl sites for hydroxylation is 3. The van der Waals surface area contributed by atoms with Gasteiger partial charge in [0, 0.05) is 53.4 Å². The molecule has 1 saturated heterocycles. The van der Waals surface area contributed by atoms with Crippen LogP contribution in [0.4, 0.5) is 5.69 Å². The van der Waals surface area contributed by atoms with Crippen LogP contribution in [0, 0.1) is 26.7 Å². The fourth-order valence-electron chi connectivity index (χ4n) is 6.43. The van der Waals surface area contributed by atoms with Gasteiger partial charge in [-0.15, -0.1) is 11.8 Å². The number of amides is 2. The number of nitrogens with one attached hydrogen (secondary N) is 1. The summed E-state index contributed by atoms with van der Waals surface area (Å²) in [4.78, 5) is 54.5. The lowest BCUT2D eigenvalue weighted by atomic mass is 9.98. The Morgan fingerprint density at radius 2 is 1.81 bits per heavy atom. The van der Waals surface area contributed by atoms with Gasteiger partial charge in [0.2, 0.25) is 11.8 Å². The van der Waals surface area contributed by atoms with Crippen LogP contribution in [-0.2, 0) is 20.9 Å². The Balaban J connectivity index is 1.63. The summed E-state index contributed by atoms with van der Waals surface area (Å²) in [7, 11) is 0. The van der Waals surface area contributed by atoms with Gasteiger partial charge in [0.25, 0.3) is 0 Å². The fraction of sp³-hybridized carbons (Fsp3) is 0.455. The lowest BCUT2D eigenvalue weighted by molar-refractivity contribution is -0.130. The molecule has 2 aliphatic rings. The van der Waals surface area contributed by atoms with Crippen molar-refractivity contribution in [2.24, 2.45) is 5.92 Å². The van der Waals surface area contributed by atoms with Crippen molar-refractivity contribution in [3.63, 3.8) is 0 Å². The average molecular weight is 592 g/mol. The summed E-state index contributed by atoms with van der Waals surface area (Å²) < 4.78 is 0. The number of aldehydes is 2. The summed E-state index contributed by atoms with van der Waals surface area (Å²) in [5.41, 5.74) is 6.15. The first kappa shape index (κ1) is 31.7. The van der Waals surface area contributed by atoms with Crippen LogP contribution in [0.2, 0.25) is 0 Å². The number of hydrogen-bond acceptors (Lipinski definition) is 7. The van der Waals surface area contributed by atoms with Crippen LogP contribution in [0.3, 0.4) is 0 Å². The van der Waals surface area contributed by atoms with Gasteiger partial charge in [-0.3, -0.25) is 24.1 Å². The Hall–Kier alpha value is -3.27. The maximum Gasteiger partial charge on any atom is 0.241 e. The topological polar surface area (TPSA) is 107 Å². The van der Waals surface area contributed by atoms with Gasteiger partial charge >= 0.3 is 0 Å². The molecule has 224 valence electrons. The first-order valence-corrected chi connectivity index (χ1v) is 15.3. The molecule has 0 saturated carbocycles. The van der Waals surface area contributed by atoms with Crippen LogP contribution in [0.5, 0.6) is 0 Å². The van der Waals surface area contributed by atoms with Gasteiger partial charge in [0.15, 0.2) is 6.29 Å². The van der Waals surface area contributed by atoms with Crippen LogP contribution in [-0.4, -0.2) is 69.3 Å². The first-order valence-electron chi connectivity index (χ1n) is 14.4. The molecule has 2 aromatic carbocycles. The zero-order chi connectivity index (χ0) is 30.7. The molecule has 8 nitrogen and oxygen atoms in total. The van der Waals surface area contributed by atoms with Crippen LogP contribution in [0.25, 0.3) is 0 Å². The van der Waals surface area contributed by atoms with E-state index in [0.29, 0.717) is 42.9 Å². The molecule has 2 amide bonds. The molecule has 0 radical (unpaired) electrons. The SMILES string of the molecule is CC(=O)N1C(C=O)=C(S[C@H]2C[C@@H](C(=O)Nc3cccc(C=O)c3)N(Cc3c(C)cc(C)cc3C)C2)[C@H](C)[C@@H]1C[C@@H](C)O. The normalized spacial score (nSPS) is 23.3. The number of rotatable bonds is 10. The minimum Gasteiger partial charge on any atom is -0.393 e. The number of aliphatic hydroxyl groups excluding tert-OH is 1. The second-order valence-electron chi connectivity index (χ2n) is 11.7. The van der Waals surface area contributed by atoms with E-state index in [2.05, 4.69) is 43.1 Å². The van der Waals surface area contributed by atoms with Gasteiger partial charge in [-0.25, -0.2) is 0 Å². The van der Waals surface area contributed by atoms with Crippen molar-refractivity contribution in [3.05, 3.63) is 74.8 Å². The molecular weight excluding hydrogens is 550 g/mol. The summed E-state index contributed by atoms with van der Waals surface area (Å²) >= 11 is 1.57. The van der Waals surface area contributed by atoms with Gasteiger partial charge in [0.05, 0.1) is 17.8 Å². The maximum absolute atomic E-state index is 13.7. The van der Waals surface area contributed by atoms with Crippen molar-refractivity contribution in [2.75, 3.05) is 11.9 Å². The second-order valence-corrected chi connectivity index (χ2v) is 13.1. The van der Waals surface area contributed by atoms with Gasteiger partial charge in [-0.2, -0.15) is 0 Å². The van der Waals surface area contributed by atoms with E-state index in [0.717, 1.165) is 17.5 Å².